The molecule has 2 aromatic heterocycles. The van der Waals surface area contributed by atoms with Crippen molar-refractivity contribution in [1.82, 2.24) is 14.4 Å². The number of ether oxygens (including phenoxy) is 1. The Morgan fingerprint density at radius 2 is 2.16 bits per heavy atom. The molecule has 96 valence electrons. The van der Waals surface area contributed by atoms with E-state index in [1.807, 2.05) is 12.3 Å². The van der Waals surface area contributed by atoms with Gasteiger partial charge in [-0.25, -0.2) is 9.37 Å². The van der Waals surface area contributed by atoms with Crippen molar-refractivity contribution < 1.29 is 9.13 Å². The van der Waals surface area contributed by atoms with Gasteiger partial charge in [0.2, 0.25) is 12.6 Å². The van der Waals surface area contributed by atoms with Crippen LogP contribution in [-0.4, -0.2) is 21.2 Å². The maximum absolute atomic E-state index is 12.2. The van der Waals surface area contributed by atoms with Crippen LogP contribution in [0.2, 0.25) is 0 Å². The lowest BCUT2D eigenvalue weighted by Gasteiger charge is -2.02. The lowest BCUT2D eigenvalue weighted by atomic mass is 10.1. The van der Waals surface area contributed by atoms with Crippen LogP contribution in [-0.2, 0) is 0 Å². The van der Waals surface area contributed by atoms with E-state index in [2.05, 4.69) is 9.97 Å². The second-order valence-electron chi connectivity index (χ2n) is 3.97. The average Bonchev–Trinajstić information content (AvgIpc) is 2.82. The molecule has 0 aliphatic heterocycles. The number of halogens is 1. The molecule has 0 amide bonds. The third-order valence-corrected chi connectivity index (χ3v) is 2.70. The van der Waals surface area contributed by atoms with E-state index in [1.54, 1.807) is 34.9 Å². The Morgan fingerprint density at radius 3 is 3.00 bits per heavy atom. The fourth-order valence-electron chi connectivity index (χ4n) is 1.83. The summed E-state index contributed by atoms with van der Waals surface area (Å²) in [6.07, 6.45) is 3.62. The first-order chi connectivity index (χ1) is 9.26. The van der Waals surface area contributed by atoms with Crippen molar-refractivity contribution in [3.8, 4) is 17.0 Å². The van der Waals surface area contributed by atoms with E-state index < -0.39 is 6.86 Å². The van der Waals surface area contributed by atoms with Gasteiger partial charge in [0, 0.05) is 18.0 Å². The van der Waals surface area contributed by atoms with Crippen LogP contribution in [0.4, 0.5) is 10.2 Å². The number of alkyl halides is 1. The summed E-state index contributed by atoms with van der Waals surface area (Å²) in [5.41, 5.74) is 7.16. The molecule has 3 rings (SSSR count). The van der Waals surface area contributed by atoms with E-state index in [1.165, 1.54) is 0 Å². The molecule has 6 heteroatoms. The van der Waals surface area contributed by atoms with Gasteiger partial charge < -0.3 is 10.5 Å². The van der Waals surface area contributed by atoms with E-state index in [0.29, 0.717) is 17.3 Å². The van der Waals surface area contributed by atoms with Crippen molar-refractivity contribution in [1.29, 1.82) is 0 Å². The van der Waals surface area contributed by atoms with E-state index >= 15 is 0 Å². The summed E-state index contributed by atoms with van der Waals surface area (Å²) in [6.45, 7) is -0.854. The van der Waals surface area contributed by atoms with E-state index in [-0.39, 0.29) is 0 Å². The molecule has 0 spiro atoms. The number of hydrogen-bond acceptors (Lipinski definition) is 4. The zero-order valence-corrected chi connectivity index (χ0v) is 9.95. The molecule has 19 heavy (non-hydrogen) atoms. The van der Waals surface area contributed by atoms with Crippen LogP contribution < -0.4 is 10.5 Å². The molecule has 0 radical (unpaired) electrons. The zero-order valence-electron chi connectivity index (χ0n) is 9.95. The van der Waals surface area contributed by atoms with Crippen LogP contribution in [0.1, 0.15) is 0 Å². The highest BCUT2D eigenvalue weighted by molar-refractivity contribution is 5.63. The maximum Gasteiger partial charge on any atom is 0.236 e. The highest BCUT2D eigenvalue weighted by atomic mass is 19.1. The minimum atomic E-state index is -0.854. The molecule has 0 saturated carbocycles. The van der Waals surface area contributed by atoms with Gasteiger partial charge in [0.15, 0.2) is 0 Å². The fourth-order valence-corrected chi connectivity index (χ4v) is 1.83. The van der Waals surface area contributed by atoms with Gasteiger partial charge in [0.05, 0.1) is 5.69 Å². The quantitative estimate of drug-likeness (QED) is 0.782. The molecule has 2 N–H and O–H groups in total. The van der Waals surface area contributed by atoms with Crippen LogP contribution in [0.3, 0.4) is 0 Å². The van der Waals surface area contributed by atoms with Gasteiger partial charge in [-0.3, -0.25) is 4.40 Å². The van der Waals surface area contributed by atoms with Crippen LogP contribution in [0, 0.1) is 0 Å². The summed E-state index contributed by atoms with van der Waals surface area (Å²) in [4.78, 5) is 8.49. The van der Waals surface area contributed by atoms with Gasteiger partial charge in [-0.1, -0.05) is 12.1 Å². The van der Waals surface area contributed by atoms with Gasteiger partial charge in [0.25, 0.3) is 0 Å². The highest BCUT2D eigenvalue weighted by Gasteiger charge is 2.06. The molecule has 0 unspecified atom stereocenters. The number of nitrogens with two attached hydrogens (primary N) is 1. The zero-order chi connectivity index (χ0) is 13.2. The second-order valence-corrected chi connectivity index (χ2v) is 3.97. The number of nitrogen functional groups attached to an aromatic ring is 1. The number of imidazole rings is 1. The standard InChI is InChI=1S/C13H11FN4O/c14-8-19-10-3-1-2-9(6-10)11-7-18-5-4-12(15)17-13(18)16-11/h1-7H,8H2,(H2,15,16,17). The van der Waals surface area contributed by atoms with E-state index in [4.69, 9.17) is 10.5 Å². The van der Waals surface area contributed by atoms with Crippen molar-refractivity contribution in [2.75, 3.05) is 12.6 Å². The molecule has 0 fully saturated rings. The Bertz CT molecular complexity index is 725. The Morgan fingerprint density at radius 1 is 1.26 bits per heavy atom. The monoisotopic (exact) mass is 258 g/mol. The summed E-state index contributed by atoms with van der Waals surface area (Å²) in [5, 5.41) is 0. The molecular weight excluding hydrogens is 247 g/mol. The van der Waals surface area contributed by atoms with Crippen LogP contribution in [0.5, 0.6) is 5.75 Å². The number of rotatable bonds is 3. The summed E-state index contributed by atoms with van der Waals surface area (Å²) < 4.78 is 18.8. The summed E-state index contributed by atoms with van der Waals surface area (Å²) in [5.74, 6) is 1.40. The SMILES string of the molecule is Nc1ccn2cc(-c3cccc(OCF)c3)nc2n1. The maximum atomic E-state index is 12.2. The largest absolute Gasteiger partial charge is 0.463 e. The molecule has 1 aromatic carbocycles. The van der Waals surface area contributed by atoms with Gasteiger partial charge in [-0.2, -0.15) is 4.98 Å². The number of nitrogens with zero attached hydrogens (tertiary/aromatic N) is 3. The molecule has 0 atom stereocenters. The van der Waals surface area contributed by atoms with Gasteiger partial charge in [-0.05, 0) is 18.2 Å². The van der Waals surface area contributed by atoms with Crippen molar-refractivity contribution in [3.05, 3.63) is 42.7 Å². The molecular formula is C13H11FN4O. The van der Waals surface area contributed by atoms with Gasteiger partial charge in [-0.15, -0.1) is 0 Å². The van der Waals surface area contributed by atoms with Crippen molar-refractivity contribution in [2.24, 2.45) is 0 Å². The highest BCUT2D eigenvalue weighted by Crippen LogP contribution is 2.23. The Balaban J connectivity index is 2.05. The van der Waals surface area contributed by atoms with Crippen molar-refractivity contribution in [2.45, 2.75) is 0 Å². The van der Waals surface area contributed by atoms with Crippen molar-refractivity contribution in [3.63, 3.8) is 0 Å². The Labute approximate surface area is 108 Å². The first-order valence-electron chi connectivity index (χ1n) is 5.67. The Kier molecular flexibility index (Phi) is 2.75. The fraction of sp³-hybridized carbons (Fsp3) is 0.0769. The molecule has 0 aliphatic carbocycles. The second kappa shape index (κ2) is 4.56. The summed E-state index contributed by atoms with van der Waals surface area (Å²) in [7, 11) is 0. The molecule has 0 aliphatic rings. The minimum Gasteiger partial charge on any atom is -0.463 e. The molecule has 0 bridgehead atoms. The molecule has 3 aromatic rings. The van der Waals surface area contributed by atoms with Crippen LogP contribution in [0.25, 0.3) is 17.0 Å². The summed E-state index contributed by atoms with van der Waals surface area (Å²) in [6, 6.07) is 8.77. The van der Waals surface area contributed by atoms with Crippen LogP contribution >= 0.6 is 0 Å². The third-order valence-electron chi connectivity index (χ3n) is 2.70. The molecule has 0 saturated heterocycles. The predicted molar refractivity (Wildman–Crippen MR) is 69.4 cm³/mol. The third kappa shape index (κ3) is 2.20. The number of anilines is 1. The topological polar surface area (TPSA) is 65.4 Å². The van der Waals surface area contributed by atoms with Crippen LogP contribution in [0.15, 0.2) is 42.7 Å². The van der Waals surface area contributed by atoms with E-state index in [0.717, 1.165) is 11.3 Å². The molecule has 2 heterocycles. The first kappa shape index (κ1) is 11.5. The smallest absolute Gasteiger partial charge is 0.236 e. The number of hydrogen-bond donors (Lipinski definition) is 1. The lowest BCUT2D eigenvalue weighted by molar-refractivity contribution is 0.192. The molecule has 5 nitrogen and oxygen atoms in total. The minimum absolute atomic E-state index is 0.416. The predicted octanol–water partition coefficient (Wildman–Crippen LogP) is 2.28. The van der Waals surface area contributed by atoms with Gasteiger partial charge >= 0.3 is 0 Å². The number of benzene rings is 1. The first-order valence-corrected chi connectivity index (χ1v) is 5.67. The van der Waals surface area contributed by atoms with Gasteiger partial charge in [0.1, 0.15) is 11.6 Å². The number of fused-ring (bicyclic) bond motifs is 1. The average molecular weight is 258 g/mol. The number of aromatic nitrogens is 3. The van der Waals surface area contributed by atoms with E-state index in [9.17, 15) is 4.39 Å². The van der Waals surface area contributed by atoms with Crippen molar-refractivity contribution >= 4 is 11.6 Å². The normalized spacial score (nSPS) is 10.8. The lowest BCUT2D eigenvalue weighted by Crippen LogP contribution is -1.93. The Hall–Kier alpha value is -2.63. The summed E-state index contributed by atoms with van der Waals surface area (Å²) >= 11 is 0.